The van der Waals surface area contributed by atoms with Crippen LogP contribution in [0.15, 0.2) is 11.4 Å². The van der Waals surface area contributed by atoms with Crippen LogP contribution in [-0.4, -0.2) is 13.0 Å². The molecule has 0 saturated carbocycles. The third kappa shape index (κ3) is 0.719. The van der Waals surface area contributed by atoms with Gasteiger partial charge in [-0.05, 0) is 25.3 Å². The zero-order valence-electron chi connectivity index (χ0n) is 7.42. The summed E-state index contributed by atoms with van der Waals surface area (Å²) in [5.41, 5.74) is 0.851. The molecule has 0 bridgehead atoms. The second-order valence-electron chi connectivity index (χ2n) is 3.63. The second kappa shape index (κ2) is 2.10. The van der Waals surface area contributed by atoms with Crippen molar-refractivity contribution in [2.75, 3.05) is 11.9 Å². The molecule has 0 fully saturated rings. The van der Waals surface area contributed by atoms with Gasteiger partial charge in [0.25, 0.3) is 0 Å². The largest absolute Gasteiger partial charge is 0.306 e. The quantitative estimate of drug-likeness (QED) is 0.599. The summed E-state index contributed by atoms with van der Waals surface area (Å²) in [7, 11) is 1.84. The molecule has 3 heteroatoms. The van der Waals surface area contributed by atoms with E-state index in [1.54, 1.807) is 16.2 Å². The van der Waals surface area contributed by atoms with Gasteiger partial charge in [0.15, 0.2) is 0 Å². The summed E-state index contributed by atoms with van der Waals surface area (Å²) in [4.78, 5) is 13.4. The topological polar surface area (TPSA) is 20.3 Å². The van der Waals surface area contributed by atoms with E-state index in [9.17, 15) is 4.79 Å². The van der Waals surface area contributed by atoms with E-state index in [-0.39, 0.29) is 11.3 Å². The Balaban J connectivity index is 2.64. The molecule has 0 radical (unpaired) electrons. The minimum Gasteiger partial charge on any atom is -0.306 e. The maximum atomic E-state index is 11.7. The predicted octanol–water partition coefficient (Wildman–Crippen LogP) is 2.00. The first-order valence-electron chi connectivity index (χ1n) is 3.91. The van der Waals surface area contributed by atoms with Crippen molar-refractivity contribution in [3.05, 3.63) is 17.0 Å². The maximum Gasteiger partial charge on any atom is 0.237 e. The number of thiophene rings is 1. The standard InChI is InChI=1S/C9H11NOS/c1-9(2)6-4-5-12-7(6)10(3)8(9)11/h4-5H,1-3H3. The molecule has 0 aromatic carbocycles. The van der Waals surface area contributed by atoms with Crippen molar-refractivity contribution in [1.29, 1.82) is 0 Å². The molecule has 1 aromatic heterocycles. The number of carbonyl (C=O) groups is 1. The molecule has 2 heterocycles. The Labute approximate surface area is 75.8 Å². The van der Waals surface area contributed by atoms with Crippen LogP contribution in [0.3, 0.4) is 0 Å². The number of fused-ring (bicyclic) bond motifs is 1. The molecule has 0 spiro atoms. The average molecular weight is 181 g/mol. The number of hydrogen-bond acceptors (Lipinski definition) is 2. The smallest absolute Gasteiger partial charge is 0.237 e. The van der Waals surface area contributed by atoms with Crippen molar-refractivity contribution < 1.29 is 4.79 Å². The van der Waals surface area contributed by atoms with Crippen LogP contribution in [0.1, 0.15) is 19.4 Å². The molecule has 0 atom stereocenters. The van der Waals surface area contributed by atoms with E-state index in [1.807, 2.05) is 32.3 Å². The lowest BCUT2D eigenvalue weighted by molar-refractivity contribution is -0.121. The van der Waals surface area contributed by atoms with Gasteiger partial charge in [-0.25, -0.2) is 0 Å². The monoisotopic (exact) mass is 181 g/mol. The highest BCUT2D eigenvalue weighted by Gasteiger charge is 2.42. The normalized spacial score (nSPS) is 19.9. The molecule has 1 aliphatic rings. The molecule has 0 N–H and O–H groups in total. The summed E-state index contributed by atoms with van der Waals surface area (Å²) in [5, 5.41) is 3.14. The first-order valence-corrected chi connectivity index (χ1v) is 4.79. The maximum absolute atomic E-state index is 11.7. The Hall–Kier alpha value is -0.830. The molecule has 12 heavy (non-hydrogen) atoms. The molecular formula is C9H11NOS. The zero-order chi connectivity index (χ0) is 8.93. The van der Waals surface area contributed by atoms with Gasteiger partial charge in [0, 0.05) is 12.6 Å². The van der Waals surface area contributed by atoms with Crippen LogP contribution in [-0.2, 0) is 10.2 Å². The fourth-order valence-corrected chi connectivity index (χ4v) is 2.69. The fourth-order valence-electron chi connectivity index (χ4n) is 1.66. The van der Waals surface area contributed by atoms with Crippen molar-refractivity contribution in [1.82, 2.24) is 0 Å². The zero-order valence-corrected chi connectivity index (χ0v) is 8.23. The molecule has 1 aromatic rings. The van der Waals surface area contributed by atoms with Crippen LogP contribution in [0.2, 0.25) is 0 Å². The van der Waals surface area contributed by atoms with Crippen molar-refractivity contribution in [2.24, 2.45) is 0 Å². The highest BCUT2D eigenvalue weighted by molar-refractivity contribution is 7.14. The van der Waals surface area contributed by atoms with Gasteiger partial charge in [-0.2, -0.15) is 0 Å². The van der Waals surface area contributed by atoms with E-state index in [0.717, 1.165) is 5.00 Å². The van der Waals surface area contributed by atoms with Crippen LogP contribution >= 0.6 is 11.3 Å². The van der Waals surface area contributed by atoms with Gasteiger partial charge in [0.1, 0.15) is 5.00 Å². The average Bonchev–Trinajstić information content (AvgIpc) is 2.54. The summed E-state index contributed by atoms with van der Waals surface area (Å²) < 4.78 is 0. The van der Waals surface area contributed by atoms with Crippen LogP contribution < -0.4 is 4.90 Å². The van der Waals surface area contributed by atoms with Crippen molar-refractivity contribution in [3.8, 4) is 0 Å². The van der Waals surface area contributed by atoms with Gasteiger partial charge in [-0.3, -0.25) is 4.79 Å². The number of rotatable bonds is 0. The van der Waals surface area contributed by atoms with Crippen LogP contribution in [0.4, 0.5) is 5.00 Å². The molecular weight excluding hydrogens is 170 g/mol. The van der Waals surface area contributed by atoms with Gasteiger partial charge >= 0.3 is 0 Å². The highest BCUT2D eigenvalue weighted by atomic mass is 32.1. The Morgan fingerprint density at radius 3 is 2.75 bits per heavy atom. The minimum absolute atomic E-state index is 0.198. The SMILES string of the molecule is CN1C(=O)C(C)(C)c2ccsc21. The van der Waals surface area contributed by atoms with Crippen LogP contribution in [0, 0.1) is 0 Å². The molecule has 64 valence electrons. The molecule has 2 rings (SSSR count). The lowest BCUT2D eigenvalue weighted by Crippen LogP contribution is -2.33. The van der Waals surface area contributed by atoms with Crippen LogP contribution in [0.5, 0.6) is 0 Å². The van der Waals surface area contributed by atoms with Gasteiger partial charge in [-0.1, -0.05) is 0 Å². The third-order valence-electron chi connectivity index (χ3n) is 2.46. The lowest BCUT2D eigenvalue weighted by atomic mass is 9.88. The Morgan fingerprint density at radius 2 is 2.17 bits per heavy atom. The van der Waals surface area contributed by atoms with E-state index in [0.29, 0.717) is 0 Å². The molecule has 0 aliphatic carbocycles. The summed E-state index contributed by atoms with van der Waals surface area (Å²) in [6.07, 6.45) is 0. The minimum atomic E-state index is -0.315. The molecule has 2 nitrogen and oxygen atoms in total. The number of amides is 1. The summed E-state index contributed by atoms with van der Waals surface area (Å²) >= 11 is 1.63. The van der Waals surface area contributed by atoms with Crippen molar-refractivity contribution in [2.45, 2.75) is 19.3 Å². The molecule has 0 saturated heterocycles. The number of nitrogens with zero attached hydrogens (tertiary/aromatic N) is 1. The van der Waals surface area contributed by atoms with Crippen molar-refractivity contribution in [3.63, 3.8) is 0 Å². The Kier molecular flexibility index (Phi) is 1.37. The van der Waals surface area contributed by atoms with Gasteiger partial charge < -0.3 is 4.90 Å². The Morgan fingerprint density at radius 1 is 1.50 bits per heavy atom. The molecule has 1 aliphatic heterocycles. The molecule has 1 amide bonds. The number of anilines is 1. The summed E-state index contributed by atoms with van der Waals surface area (Å²) in [5.74, 6) is 0.198. The lowest BCUT2D eigenvalue weighted by Gasteiger charge is -2.16. The molecule has 0 unspecified atom stereocenters. The first kappa shape index (κ1) is 7.80. The number of hydrogen-bond donors (Lipinski definition) is 0. The summed E-state index contributed by atoms with van der Waals surface area (Å²) in [6, 6.07) is 2.04. The summed E-state index contributed by atoms with van der Waals surface area (Å²) in [6.45, 7) is 3.95. The van der Waals surface area contributed by atoms with E-state index < -0.39 is 0 Å². The van der Waals surface area contributed by atoms with Gasteiger partial charge in [0.2, 0.25) is 5.91 Å². The van der Waals surface area contributed by atoms with E-state index in [2.05, 4.69) is 0 Å². The van der Waals surface area contributed by atoms with E-state index >= 15 is 0 Å². The van der Waals surface area contributed by atoms with Crippen LogP contribution in [0.25, 0.3) is 0 Å². The Bertz CT molecular complexity index is 340. The third-order valence-corrected chi connectivity index (χ3v) is 3.45. The first-order chi connectivity index (χ1) is 5.55. The fraction of sp³-hybridized carbons (Fsp3) is 0.444. The number of carbonyl (C=O) groups excluding carboxylic acids is 1. The number of likely N-dealkylation sites (N-methyl/N-ethyl adjacent to an activating group) is 1. The van der Waals surface area contributed by atoms with E-state index in [1.165, 1.54) is 5.56 Å². The second-order valence-corrected chi connectivity index (χ2v) is 4.52. The predicted molar refractivity (Wildman–Crippen MR) is 50.8 cm³/mol. The highest BCUT2D eigenvalue weighted by Crippen LogP contribution is 2.43. The van der Waals surface area contributed by atoms with Gasteiger partial charge in [0.05, 0.1) is 5.41 Å². The van der Waals surface area contributed by atoms with Gasteiger partial charge in [-0.15, -0.1) is 11.3 Å². The van der Waals surface area contributed by atoms with E-state index in [4.69, 9.17) is 0 Å². The van der Waals surface area contributed by atoms with Crippen molar-refractivity contribution >= 4 is 22.2 Å².